The average molecular weight is 681 g/mol. The van der Waals surface area contributed by atoms with Crippen molar-refractivity contribution >= 4 is 72.2 Å². The first-order chi connectivity index (χ1) is 18.9. The highest BCUT2D eigenvalue weighted by atomic mass is 79.9. The number of thiazole rings is 1. The molecule has 0 saturated heterocycles. The van der Waals surface area contributed by atoms with Crippen LogP contribution >= 0.6 is 54.5 Å². The number of furan rings is 1. The van der Waals surface area contributed by atoms with Gasteiger partial charge < -0.3 is 9.73 Å². The van der Waals surface area contributed by atoms with Crippen molar-refractivity contribution in [2.45, 2.75) is 13.0 Å². The lowest BCUT2D eigenvalue weighted by Gasteiger charge is -2.24. The third-order valence-corrected chi connectivity index (χ3v) is 9.30. The van der Waals surface area contributed by atoms with Crippen LogP contribution in [0, 0.1) is 0 Å². The predicted octanol–water partition coefficient (Wildman–Crippen LogP) is 6.72. The molecular formula is C29H19Br2N3O3S2. The summed E-state index contributed by atoms with van der Waals surface area (Å²) in [4.78, 5) is 33.5. The third kappa shape index (κ3) is 5.05. The number of hydrogen-bond acceptors (Lipinski definition) is 6. The molecule has 6 nitrogen and oxygen atoms in total. The van der Waals surface area contributed by atoms with E-state index in [1.807, 2.05) is 85.1 Å². The number of thiophene rings is 1. The van der Waals surface area contributed by atoms with Gasteiger partial charge in [-0.05, 0) is 60.8 Å². The Morgan fingerprint density at radius 3 is 2.67 bits per heavy atom. The smallest absolute Gasteiger partial charge is 0.271 e. The van der Waals surface area contributed by atoms with E-state index in [9.17, 15) is 9.59 Å². The number of hydrogen-bond donors (Lipinski definition) is 1. The van der Waals surface area contributed by atoms with Crippen LogP contribution in [0.3, 0.4) is 0 Å². The van der Waals surface area contributed by atoms with E-state index in [4.69, 9.17) is 9.41 Å². The van der Waals surface area contributed by atoms with Gasteiger partial charge in [0.05, 0.1) is 15.8 Å². The third-order valence-electron chi connectivity index (χ3n) is 6.20. The summed E-state index contributed by atoms with van der Waals surface area (Å²) in [7, 11) is 0. The number of nitrogens with zero attached hydrogens (tertiary/aromatic N) is 2. The summed E-state index contributed by atoms with van der Waals surface area (Å²) in [6.45, 7) is 1.81. The van der Waals surface area contributed by atoms with Gasteiger partial charge in [0.15, 0.2) is 4.80 Å². The fourth-order valence-electron chi connectivity index (χ4n) is 4.44. The SMILES string of the molecule is CC1=C(C(=O)Nc2ccccc2)[C@@H](c2cccs2)n2c(s/c(=C/c3ccc(-c4cc(Br)ccc4Br)o3)c2=O)=N1. The summed E-state index contributed by atoms with van der Waals surface area (Å²) in [6.07, 6.45) is 1.73. The first-order valence-corrected chi connectivity index (χ1v) is 15.1. The van der Waals surface area contributed by atoms with Crippen molar-refractivity contribution in [3.05, 3.63) is 129 Å². The van der Waals surface area contributed by atoms with Crippen molar-refractivity contribution in [1.29, 1.82) is 0 Å². The number of carbonyl (C=O) groups is 1. The minimum Gasteiger partial charge on any atom is -0.457 e. The van der Waals surface area contributed by atoms with Crippen molar-refractivity contribution in [2.75, 3.05) is 5.32 Å². The average Bonchev–Trinajstić information content (AvgIpc) is 3.67. The number of fused-ring (bicyclic) bond motifs is 1. The maximum atomic E-state index is 13.8. The summed E-state index contributed by atoms with van der Waals surface area (Å²) < 4.78 is 10.0. The fraction of sp³-hybridized carbons (Fsp3) is 0.0690. The predicted molar refractivity (Wildman–Crippen MR) is 163 cm³/mol. The van der Waals surface area contributed by atoms with Crippen LogP contribution in [-0.4, -0.2) is 10.5 Å². The summed E-state index contributed by atoms with van der Waals surface area (Å²) in [5, 5.41) is 4.91. The van der Waals surface area contributed by atoms with E-state index in [1.165, 1.54) is 22.7 Å². The summed E-state index contributed by atoms with van der Waals surface area (Å²) in [6, 6.07) is 22.1. The summed E-state index contributed by atoms with van der Waals surface area (Å²) >= 11 is 9.85. The van der Waals surface area contributed by atoms with Crippen LogP contribution in [0.25, 0.3) is 17.4 Å². The topological polar surface area (TPSA) is 76.6 Å². The van der Waals surface area contributed by atoms with Crippen LogP contribution in [0.15, 0.2) is 113 Å². The number of carbonyl (C=O) groups excluding carboxylic acids is 1. The standard InChI is InChI=1S/C29H19Br2N3O3S2/c1-16-25(27(35)33-18-6-3-2-4-7-18)26(23-8-5-13-38-23)34-28(36)24(39-29(34)32-16)15-19-10-12-22(37-19)20-14-17(30)9-11-21(20)31/h2-15,26H,1H3,(H,33,35)/b24-15+/t26-/m1/s1. The Balaban J connectivity index is 1.43. The number of allylic oxidation sites excluding steroid dienone is 1. The molecule has 4 heterocycles. The molecule has 0 spiro atoms. The second-order valence-corrected chi connectivity index (χ2v) is 12.5. The first kappa shape index (κ1) is 25.9. The fourth-order valence-corrected chi connectivity index (χ4v) is 7.09. The molecule has 39 heavy (non-hydrogen) atoms. The van der Waals surface area contributed by atoms with Gasteiger partial charge in [-0.25, -0.2) is 4.99 Å². The first-order valence-electron chi connectivity index (χ1n) is 11.9. The van der Waals surface area contributed by atoms with Gasteiger partial charge in [-0.2, -0.15) is 0 Å². The van der Waals surface area contributed by atoms with Gasteiger partial charge in [0.2, 0.25) is 0 Å². The van der Waals surface area contributed by atoms with Gasteiger partial charge in [-0.1, -0.05) is 67.5 Å². The van der Waals surface area contributed by atoms with Gasteiger partial charge in [-0.15, -0.1) is 11.3 Å². The molecule has 3 aromatic heterocycles. The van der Waals surface area contributed by atoms with Crippen LogP contribution in [0.2, 0.25) is 0 Å². The summed E-state index contributed by atoms with van der Waals surface area (Å²) in [5.74, 6) is 0.937. The zero-order valence-corrected chi connectivity index (χ0v) is 25.2. The molecule has 1 aliphatic rings. The lowest BCUT2D eigenvalue weighted by molar-refractivity contribution is -0.113. The van der Waals surface area contributed by atoms with E-state index in [0.717, 1.165) is 19.4 Å². The number of aromatic nitrogens is 1. The molecule has 0 unspecified atom stereocenters. The Hall–Kier alpha value is -3.31. The number of halogens is 2. The molecule has 10 heteroatoms. The van der Waals surface area contributed by atoms with E-state index in [0.29, 0.717) is 37.8 Å². The molecule has 1 atom stereocenters. The molecule has 1 N–H and O–H groups in total. The van der Waals surface area contributed by atoms with Crippen LogP contribution in [0.5, 0.6) is 0 Å². The van der Waals surface area contributed by atoms with Crippen LogP contribution in [0.1, 0.15) is 23.6 Å². The molecule has 194 valence electrons. The molecule has 0 radical (unpaired) electrons. The molecule has 5 aromatic rings. The van der Waals surface area contributed by atoms with E-state index in [-0.39, 0.29) is 11.5 Å². The molecule has 0 bridgehead atoms. The molecular weight excluding hydrogens is 662 g/mol. The number of rotatable bonds is 5. The minimum absolute atomic E-state index is 0.226. The van der Waals surface area contributed by atoms with Crippen LogP contribution in [0.4, 0.5) is 5.69 Å². The van der Waals surface area contributed by atoms with E-state index in [2.05, 4.69) is 37.2 Å². The van der Waals surface area contributed by atoms with Crippen molar-refractivity contribution in [3.8, 4) is 11.3 Å². The Morgan fingerprint density at radius 2 is 1.90 bits per heavy atom. The van der Waals surface area contributed by atoms with Crippen molar-refractivity contribution in [3.63, 3.8) is 0 Å². The maximum absolute atomic E-state index is 13.8. The van der Waals surface area contributed by atoms with Gasteiger partial charge in [0.25, 0.3) is 11.5 Å². The van der Waals surface area contributed by atoms with E-state index < -0.39 is 6.04 Å². The lowest BCUT2D eigenvalue weighted by Crippen LogP contribution is -2.40. The highest BCUT2D eigenvalue weighted by molar-refractivity contribution is 9.11. The van der Waals surface area contributed by atoms with Crippen LogP contribution in [-0.2, 0) is 4.79 Å². The number of benzene rings is 2. The van der Waals surface area contributed by atoms with Crippen LogP contribution < -0.4 is 20.2 Å². The Labute approximate surface area is 247 Å². The number of anilines is 1. The highest BCUT2D eigenvalue weighted by Crippen LogP contribution is 2.34. The van der Waals surface area contributed by atoms with Gasteiger partial charge >= 0.3 is 0 Å². The largest absolute Gasteiger partial charge is 0.457 e. The molecule has 6 rings (SSSR count). The monoisotopic (exact) mass is 679 g/mol. The lowest BCUT2D eigenvalue weighted by atomic mass is 10.0. The molecule has 1 amide bonds. The van der Waals surface area contributed by atoms with E-state index >= 15 is 0 Å². The zero-order valence-electron chi connectivity index (χ0n) is 20.4. The molecule has 2 aromatic carbocycles. The molecule has 0 saturated carbocycles. The Kier molecular flexibility index (Phi) is 7.11. The highest BCUT2D eigenvalue weighted by Gasteiger charge is 2.33. The minimum atomic E-state index is -0.586. The maximum Gasteiger partial charge on any atom is 0.271 e. The molecule has 1 aliphatic heterocycles. The number of amides is 1. The Bertz CT molecular complexity index is 1920. The quantitative estimate of drug-likeness (QED) is 0.224. The van der Waals surface area contributed by atoms with Gasteiger partial charge in [-0.3, -0.25) is 14.2 Å². The van der Waals surface area contributed by atoms with Gasteiger partial charge in [0.1, 0.15) is 17.6 Å². The zero-order chi connectivity index (χ0) is 27.1. The van der Waals surface area contributed by atoms with Crippen molar-refractivity contribution < 1.29 is 9.21 Å². The molecule has 0 fully saturated rings. The second kappa shape index (κ2) is 10.7. The number of nitrogens with one attached hydrogen (secondary N) is 1. The summed E-state index contributed by atoms with van der Waals surface area (Å²) in [5.41, 5.74) is 2.37. The number of para-hydroxylation sites is 1. The molecule has 0 aliphatic carbocycles. The van der Waals surface area contributed by atoms with Gasteiger partial charge in [0, 0.05) is 31.1 Å². The van der Waals surface area contributed by atoms with Crippen molar-refractivity contribution in [2.24, 2.45) is 4.99 Å². The van der Waals surface area contributed by atoms with E-state index in [1.54, 1.807) is 10.6 Å². The second-order valence-electron chi connectivity index (χ2n) is 8.74. The normalized spacial score (nSPS) is 15.3. The van der Waals surface area contributed by atoms with Crippen molar-refractivity contribution in [1.82, 2.24) is 4.57 Å². The Morgan fingerprint density at radius 1 is 1.08 bits per heavy atom.